The molecule has 0 N–H and O–H groups in total. The van der Waals surface area contributed by atoms with Gasteiger partial charge in [0.1, 0.15) is 0 Å². The molecule has 0 amide bonds. The van der Waals surface area contributed by atoms with Gasteiger partial charge in [-0.25, -0.2) is 0 Å². The summed E-state index contributed by atoms with van der Waals surface area (Å²) in [4.78, 5) is 12.0. The van der Waals surface area contributed by atoms with E-state index in [1.54, 1.807) is 0 Å². The van der Waals surface area contributed by atoms with Crippen LogP contribution in [0.1, 0.15) is 79.1 Å². The quantitative estimate of drug-likeness (QED) is 0.519. The topological polar surface area (TPSA) is 26.3 Å². The molecule has 2 nitrogen and oxygen atoms in total. The number of ether oxygens (including phenoxy) is 1. The molecule has 4 aliphatic carbocycles. The zero-order valence-corrected chi connectivity index (χ0v) is 19.0. The summed E-state index contributed by atoms with van der Waals surface area (Å²) in [6.07, 6.45) is 19.0. The van der Waals surface area contributed by atoms with Gasteiger partial charge < -0.3 is 4.74 Å². The predicted octanol–water partition coefficient (Wildman–Crippen LogP) is 6.36. The van der Waals surface area contributed by atoms with Crippen LogP contribution < -0.4 is 0 Å². The highest BCUT2D eigenvalue weighted by atomic mass is 16.5. The van der Waals surface area contributed by atoms with Crippen LogP contribution >= 0.6 is 0 Å². The average molecular weight is 397 g/mol. The van der Waals surface area contributed by atoms with E-state index in [0.717, 1.165) is 37.2 Å². The Balaban J connectivity index is 1.40. The highest BCUT2D eigenvalue weighted by Gasteiger charge is 2.66. The van der Waals surface area contributed by atoms with E-state index in [4.69, 9.17) is 4.74 Å². The van der Waals surface area contributed by atoms with Crippen LogP contribution in [0, 0.1) is 46.3 Å². The van der Waals surface area contributed by atoms with Gasteiger partial charge in [-0.1, -0.05) is 39.0 Å². The van der Waals surface area contributed by atoms with Gasteiger partial charge in [0.15, 0.2) is 5.78 Å². The SMILES string of the molecule is CC(C)C/C=C/[C@]1(C)OC[C@]23CC[C@H]4[C@@H](CC[C@@H]5CC(=O)C=C[C@@]54C)[C@@H]2CC[C@@H]31. The van der Waals surface area contributed by atoms with Crippen molar-refractivity contribution in [1.82, 2.24) is 0 Å². The highest BCUT2D eigenvalue weighted by molar-refractivity contribution is 5.91. The first-order chi connectivity index (χ1) is 13.8. The lowest BCUT2D eigenvalue weighted by molar-refractivity contribution is -0.122. The van der Waals surface area contributed by atoms with Crippen LogP contribution in [0.15, 0.2) is 24.3 Å². The van der Waals surface area contributed by atoms with E-state index in [1.807, 2.05) is 6.08 Å². The van der Waals surface area contributed by atoms with Gasteiger partial charge in [-0.3, -0.25) is 4.79 Å². The molecule has 0 aromatic carbocycles. The van der Waals surface area contributed by atoms with Crippen LogP contribution in [-0.4, -0.2) is 18.0 Å². The molecular formula is C27H40O2. The van der Waals surface area contributed by atoms with Crippen molar-refractivity contribution in [2.75, 3.05) is 6.61 Å². The van der Waals surface area contributed by atoms with Crippen molar-refractivity contribution in [2.45, 2.75) is 84.7 Å². The second kappa shape index (κ2) is 6.81. The molecule has 0 radical (unpaired) electrons. The molecule has 4 fully saturated rings. The summed E-state index contributed by atoms with van der Waals surface area (Å²) in [6.45, 7) is 10.4. The summed E-state index contributed by atoms with van der Waals surface area (Å²) in [5.41, 5.74) is 0.598. The summed E-state index contributed by atoms with van der Waals surface area (Å²) in [5, 5.41) is 0. The van der Waals surface area contributed by atoms with Crippen molar-refractivity contribution in [3.63, 3.8) is 0 Å². The van der Waals surface area contributed by atoms with E-state index in [2.05, 4.69) is 45.9 Å². The molecule has 5 rings (SSSR count). The van der Waals surface area contributed by atoms with Crippen molar-refractivity contribution >= 4 is 5.78 Å². The molecular weight excluding hydrogens is 356 g/mol. The Hall–Kier alpha value is -0.890. The minimum absolute atomic E-state index is 0.0608. The Labute approximate surface area is 177 Å². The van der Waals surface area contributed by atoms with Gasteiger partial charge in [-0.2, -0.15) is 0 Å². The molecule has 0 aromatic heterocycles. The normalized spacial score (nSPS) is 51.2. The van der Waals surface area contributed by atoms with Gasteiger partial charge in [-0.15, -0.1) is 0 Å². The predicted molar refractivity (Wildman–Crippen MR) is 117 cm³/mol. The third-order valence-corrected chi connectivity index (χ3v) is 10.2. The van der Waals surface area contributed by atoms with Gasteiger partial charge in [0.25, 0.3) is 0 Å². The lowest BCUT2D eigenvalue weighted by atomic mass is 9.45. The van der Waals surface area contributed by atoms with E-state index < -0.39 is 0 Å². The first kappa shape index (κ1) is 20.0. The molecule has 1 heterocycles. The van der Waals surface area contributed by atoms with Crippen molar-refractivity contribution in [3.8, 4) is 0 Å². The third-order valence-electron chi connectivity index (χ3n) is 10.2. The molecule has 2 heteroatoms. The lowest BCUT2D eigenvalue weighted by Gasteiger charge is -2.58. The zero-order valence-electron chi connectivity index (χ0n) is 19.0. The summed E-state index contributed by atoms with van der Waals surface area (Å²) in [5.74, 6) is 4.77. The Morgan fingerprint density at radius 3 is 2.76 bits per heavy atom. The standard InChI is InChI=1S/C27H40O2/c1-18(2)6-5-13-26(4)24-10-9-23-21-8-7-19-16-20(28)11-14-25(19,3)22(21)12-15-27(23,24)17-29-26/h5,11,13-14,18-19,21-24H,6-10,12,15-17H2,1-4H3/b13-5+/t19-,21-,22+,23+,24-,25+,26+,27-/m1/s1. The number of carbonyl (C=O) groups is 1. The van der Waals surface area contributed by atoms with Gasteiger partial charge in [0.05, 0.1) is 12.2 Å². The summed E-state index contributed by atoms with van der Waals surface area (Å²) in [6, 6.07) is 0. The maximum atomic E-state index is 12.0. The van der Waals surface area contributed by atoms with Crippen LogP contribution in [0.3, 0.4) is 0 Å². The van der Waals surface area contributed by atoms with Crippen LogP contribution in [0.5, 0.6) is 0 Å². The average Bonchev–Trinajstić information content (AvgIpc) is 3.18. The summed E-state index contributed by atoms with van der Waals surface area (Å²) < 4.78 is 6.63. The zero-order chi connectivity index (χ0) is 20.4. The molecule has 3 saturated carbocycles. The Kier molecular flexibility index (Phi) is 4.70. The van der Waals surface area contributed by atoms with E-state index >= 15 is 0 Å². The Morgan fingerprint density at radius 2 is 1.97 bits per heavy atom. The van der Waals surface area contributed by atoms with Crippen LogP contribution in [-0.2, 0) is 9.53 Å². The first-order valence-corrected chi connectivity index (χ1v) is 12.3. The Bertz CT molecular complexity index is 735. The molecule has 8 atom stereocenters. The Morgan fingerprint density at radius 1 is 1.14 bits per heavy atom. The number of carbonyl (C=O) groups excluding carboxylic acids is 1. The second-order valence-corrected chi connectivity index (χ2v) is 11.9. The van der Waals surface area contributed by atoms with Crippen molar-refractivity contribution in [1.29, 1.82) is 0 Å². The monoisotopic (exact) mass is 396 g/mol. The van der Waals surface area contributed by atoms with Gasteiger partial charge in [0.2, 0.25) is 0 Å². The molecule has 0 unspecified atom stereocenters. The molecule has 0 aromatic rings. The lowest BCUT2D eigenvalue weighted by Crippen LogP contribution is -2.53. The number of rotatable bonds is 3. The summed E-state index contributed by atoms with van der Waals surface area (Å²) >= 11 is 0. The largest absolute Gasteiger partial charge is 0.370 e. The third kappa shape index (κ3) is 2.87. The fourth-order valence-corrected chi connectivity index (χ4v) is 8.71. The number of allylic oxidation sites excluding steroid dienone is 3. The molecule has 1 spiro atoms. The number of fused-ring (bicyclic) bond motifs is 4. The first-order valence-electron chi connectivity index (χ1n) is 12.3. The van der Waals surface area contributed by atoms with Crippen LogP contribution in [0.2, 0.25) is 0 Å². The van der Waals surface area contributed by atoms with E-state index in [-0.39, 0.29) is 11.0 Å². The molecule has 0 bridgehead atoms. The summed E-state index contributed by atoms with van der Waals surface area (Å²) in [7, 11) is 0. The molecule has 1 saturated heterocycles. The van der Waals surface area contributed by atoms with Crippen LogP contribution in [0.25, 0.3) is 0 Å². The van der Waals surface area contributed by atoms with Gasteiger partial charge in [-0.05, 0) is 98.9 Å². The smallest absolute Gasteiger partial charge is 0.155 e. The van der Waals surface area contributed by atoms with Gasteiger partial charge >= 0.3 is 0 Å². The molecule has 1 aliphatic heterocycles. The molecule has 29 heavy (non-hydrogen) atoms. The van der Waals surface area contributed by atoms with Crippen molar-refractivity contribution in [2.24, 2.45) is 46.3 Å². The maximum Gasteiger partial charge on any atom is 0.155 e. The van der Waals surface area contributed by atoms with Crippen molar-refractivity contribution < 1.29 is 9.53 Å². The second-order valence-electron chi connectivity index (χ2n) is 11.9. The van der Waals surface area contributed by atoms with E-state index in [9.17, 15) is 4.79 Å². The molecule has 160 valence electrons. The number of ketones is 1. The van der Waals surface area contributed by atoms with Gasteiger partial charge in [0, 0.05) is 11.8 Å². The fourth-order valence-electron chi connectivity index (χ4n) is 8.71. The molecule has 5 aliphatic rings. The fraction of sp³-hybridized carbons (Fsp3) is 0.815. The van der Waals surface area contributed by atoms with Crippen LogP contribution in [0.4, 0.5) is 0 Å². The van der Waals surface area contributed by atoms with E-state index in [1.165, 1.54) is 38.5 Å². The van der Waals surface area contributed by atoms with Crippen molar-refractivity contribution in [3.05, 3.63) is 24.3 Å². The van der Waals surface area contributed by atoms with E-state index in [0.29, 0.717) is 29.0 Å². The highest BCUT2D eigenvalue weighted by Crippen LogP contribution is 2.70. The number of hydrogen-bond acceptors (Lipinski definition) is 2. The minimum atomic E-state index is -0.0608. The maximum absolute atomic E-state index is 12.0. The number of hydrogen-bond donors (Lipinski definition) is 0. The minimum Gasteiger partial charge on any atom is -0.370 e.